The molecule has 1 amide bonds. The van der Waals surface area contributed by atoms with Crippen molar-refractivity contribution in [3.63, 3.8) is 0 Å². The van der Waals surface area contributed by atoms with Crippen LogP contribution in [0.2, 0.25) is 0 Å². The number of hydrazine groups is 1. The van der Waals surface area contributed by atoms with E-state index in [2.05, 4.69) is 5.01 Å². The van der Waals surface area contributed by atoms with Crippen molar-refractivity contribution in [2.24, 2.45) is 5.92 Å². The van der Waals surface area contributed by atoms with Crippen molar-refractivity contribution < 1.29 is 4.79 Å². The summed E-state index contributed by atoms with van der Waals surface area (Å²) in [5.41, 5.74) is 0. The second-order valence-electron chi connectivity index (χ2n) is 4.15. The fourth-order valence-corrected chi connectivity index (χ4v) is 1.91. The van der Waals surface area contributed by atoms with Gasteiger partial charge in [-0.2, -0.15) is 0 Å². The molecule has 0 aromatic rings. The van der Waals surface area contributed by atoms with E-state index in [9.17, 15) is 4.79 Å². The number of piperidine rings is 1. The Morgan fingerprint density at radius 2 is 1.85 bits per heavy atom. The van der Waals surface area contributed by atoms with E-state index in [-0.39, 0.29) is 0 Å². The lowest BCUT2D eigenvalue weighted by Crippen LogP contribution is -2.46. The van der Waals surface area contributed by atoms with E-state index < -0.39 is 0 Å². The maximum absolute atomic E-state index is 11.7. The summed E-state index contributed by atoms with van der Waals surface area (Å²) in [6, 6.07) is 0. The van der Waals surface area contributed by atoms with E-state index in [0.29, 0.717) is 11.8 Å². The van der Waals surface area contributed by atoms with Crippen molar-refractivity contribution >= 4 is 5.91 Å². The highest BCUT2D eigenvalue weighted by Crippen LogP contribution is 2.31. The van der Waals surface area contributed by atoms with E-state index in [0.717, 1.165) is 25.9 Å². The molecule has 0 atom stereocenters. The third kappa shape index (κ3) is 2.02. The molecule has 1 saturated carbocycles. The molecule has 2 rings (SSSR count). The van der Waals surface area contributed by atoms with Gasteiger partial charge in [-0.05, 0) is 25.7 Å². The minimum Gasteiger partial charge on any atom is -0.278 e. The van der Waals surface area contributed by atoms with Gasteiger partial charge in [0, 0.05) is 26.1 Å². The molecule has 2 aliphatic rings. The minimum atomic E-state index is 0.335. The lowest BCUT2D eigenvalue weighted by atomic mass is 10.2. The molecule has 2 fully saturated rings. The van der Waals surface area contributed by atoms with Gasteiger partial charge in [-0.1, -0.05) is 6.42 Å². The predicted molar refractivity (Wildman–Crippen MR) is 50.9 cm³/mol. The third-order valence-electron chi connectivity index (χ3n) is 3.00. The second-order valence-corrected chi connectivity index (χ2v) is 4.15. The lowest BCUT2D eigenvalue weighted by Gasteiger charge is -2.34. The highest BCUT2D eigenvalue weighted by molar-refractivity contribution is 5.80. The summed E-state index contributed by atoms with van der Waals surface area (Å²) in [5, 5.41) is 4.06. The van der Waals surface area contributed by atoms with Crippen molar-refractivity contribution in [2.45, 2.75) is 32.1 Å². The van der Waals surface area contributed by atoms with Gasteiger partial charge in [0.05, 0.1) is 0 Å². The van der Waals surface area contributed by atoms with Gasteiger partial charge in [0.25, 0.3) is 0 Å². The summed E-state index contributed by atoms with van der Waals surface area (Å²) in [6.07, 6.45) is 6.01. The van der Waals surface area contributed by atoms with Crippen molar-refractivity contribution in [1.82, 2.24) is 10.0 Å². The maximum Gasteiger partial charge on any atom is 0.239 e. The van der Waals surface area contributed by atoms with Crippen LogP contribution in [0, 0.1) is 5.92 Å². The number of hydrogen-bond donors (Lipinski definition) is 0. The van der Waals surface area contributed by atoms with E-state index in [1.165, 1.54) is 19.3 Å². The molecule has 0 N–H and O–H groups in total. The fraction of sp³-hybridized carbons (Fsp3) is 0.900. The van der Waals surface area contributed by atoms with Gasteiger partial charge >= 0.3 is 0 Å². The highest BCUT2D eigenvalue weighted by atomic mass is 16.2. The summed E-state index contributed by atoms with van der Waals surface area (Å²) in [6.45, 7) is 2.13. The minimum absolute atomic E-state index is 0.335. The van der Waals surface area contributed by atoms with Crippen LogP contribution in [0.5, 0.6) is 0 Å². The number of carbonyl (C=O) groups is 1. The molecule has 0 aromatic carbocycles. The molecule has 0 spiro atoms. The molecule has 0 bridgehead atoms. The molecule has 1 saturated heterocycles. The van der Waals surface area contributed by atoms with Crippen LogP contribution in [0.3, 0.4) is 0 Å². The first-order valence-electron chi connectivity index (χ1n) is 5.31. The highest BCUT2D eigenvalue weighted by Gasteiger charge is 2.34. The van der Waals surface area contributed by atoms with E-state index in [1.807, 2.05) is 12.1 Å². The van der Waals surface area contributed by atoms with Crippen LogP contribution in [0.25, 0.3) is 0 Å². The van der Waals surface area contributed by atoms with Gasteiger partial charge in [-0.25, -0.2) is 5.01 Å². The summed E-state index contributed by atoms with van der Waals surface area (Å²) in [4.78, 5) is 11.7. The zero-order valence-electron chi connectivity index (χ0n) is 8.33. The molecule has 74 valence electrons. The monoisotopic (exact) mass is 182 g/mol. The van der Waals surface area contributed by atoms with Gasteiger partial charge in [-0.15, -0.1) is 0 Å². The number of carbonyl (C=O) groups excluding carboxylic acids is 1. The Hall–Kier alpha value is -0.570. The Morgan fingerprint density at radius 1 is 1.23 bits per heavy atom. The third-order valence-corrected chi connectivity index (χ3v) is 3.00. The Kier molecular flexibility index (Phi) is 2.54. The van der Waals surface area contributed by atoms with Gasteiger partial charge in [-0.3, -0.25) is 9.80 Å². The summed E-state index contributed by atoms with van der Waals surface area (Å²) >= 11 is 0. The Morgan fingerprint density at radius 3 is 2.38 bits per heavy atom. The van der Waals surface area contributed by atoms with Gasteiger partial charge < -0.3 is 0 Å². The molecule has 1 aliphatic carbocycles. The molecule has 1 aliphatic heterocycles. The van der Waals surface area contributed by atoms with Crippen LogP contribution in [-0.2, 0) is 4.79 Å². The van der Waals surface area contributed by atoms with E-state index >= 15 is 0 Å². The zero-order valence-corrected chi connectivity index (χ0v) is 8.33. The standard InChI is InChI=1S/C10H18N2O/c1-11(10(13)9-5-6-9)12-7-3-2-4-8-12/h9H,2-8H2,1H3. The zero-order chi connectivity index (χ0) is 9.26. The normalized spacial score (nSPS) is 24.4. The summed E-state index contributed by atoms with van der Waals surface area (Å²) < 4.78 is 0. The van der Waals surface area contributed by atoms with Gasteiger partial charge in [0.1, 0.15) is 0 Å². The quantitative estimate of drug-likeness (QED) is 0.642. The predicted octanol–water partition coefficient (Wildman–Crippen LogP) is 1.26. The Labute approximate surface area is 79.7 Å². The largest absolute Gasteiger partial charge is 0.278 e. The molecule has 1 heterocycles. The maximum atomic E-state index is 11.7. The van der Waals surface area contributed by atoms with Crippen LogP contribution in [0.1, 0.15) is 32.1 Å². The number of hydrogen-bond acceptors (Lipinski definition) is 2. The van der Waals surface area contributed by atoms with Crippen molar-refractivity contribution in [1.29, 1.82) is 0 Å². The van der Waals surface area contributed by atoms with Gasteiger partial charge in [0.2, 0.25) is 5.91 Å². The topological polar surface area (TPSA) is 23.6 Å². The first-order valence-corrected chi connectivity index (χ1v) is 5.31. The first kappa shape index (κ1) is 9.00. The molecular weight excluding hydrogens is 164 g/mol. The number of nitrogens with zero attached hydrogens (tertiary/aromatic N) is 2. The molecule has 0 unspecified atom stereocenters. The molecule has 0 aromatic heterocycles. The van der Waals surface area contributed by atoms with E-state index in [4.69, 9.17) is 0 Å². The smallest absolute Gasteiger partial charge is 0.239 e. The average molecular weight is 182 g/mol. The Bertz CT molecular complexity index is 195. The molecule has 13 heavy (non-hydrogen) atoms. The van der Waals surface area contributed by atoms with Crippen molar-refractivity contribution in [3.05, 3.63) is 0 Å². The molecule has 3 nitrogen and oxygen atoms in total. The van der Waals surface area contributed by atoms with Gasteiger partial charge in [0.15, 0.2) is 0 Å². The van der Waals surface area contributed by atoms with Crippen molar-refractivity contribution in [3.8, 4) is 0 Å². The first-order chi connectivity index (χ1) is 6.29. The van der Waals surface area contributed by atoms with Crippen LogP contribution in [0.4, 0.5) is 0 Å². The summed E-state index contributed by atoms with van der Waals surface area (Å²) in [7, 11) is 1.92. The molecule has 3 heteroatoms. The molecule has 0 radical (unpaired) electrons. The second kappa shape index (κ2) is 3.66. The van der Waals surface area contributed by atoms with Crippen LogP contribution < -0.4 is 0 Å². The fourth-order valence-electron chi connectivity index (χ4n) is 1.91. The van der Waals surface area contributed by atoms with Crippen LogP contribution >= 0.6 is 0 Å². The lowest BCUT2D eigenvalue weighted by molar-refractivity contribution is -0.148. The average Bonchev–Trinajstić information content (AvgIpc) is 3.00. The SMILES string of the molecule is CN(C(=O)C1CC1)N1CCCCC1. The number of rotatable bonds is 2. The molecular formula is C10H18N2O. The van der Waals surface area contributed by atoms with Crippen LogP contribution in [0.15, 0.2) is 0 Å². The number of amides is 1. The summed E-state index contributed by atoms with van der Waals surface area (Å²) in [5.74, 6) is 0.689. The van der Waals surface area contributed by atoms with E-state index in [1.54, 1.807) is 0 Å². The Balaban J connectivity index is 1.86. The van der Waals surface area contributed by atoms with Crippen LogP contribution in [-0.4, -0.2) is 36.1 Å². The van der Waals surface area contributed by atoms with Crippen molar-refractivity contribution in [2.75, 3.05) is 20.1 Å².